The Morgan fingerprint density at radius 1 is 1.23 bits per heavy atom. The smallest absolute Gasteiger partial charge is 0.181 e. The molecule has 2 unspecified atom stereocenters. The first-order chi connectivity index (χ1) is 15.0. The summed E-state index contributed by atoms with van der Waals surface area (Å²) in [6.07, 6.45) is 4.40. The monoisotopic (exact) mass is 426 g/mol. The number of nitrogens with zero attached hydrogens (tertiary/aromatic N) is 6. The van der Waals surface area contributed by atoms with Crippen LogP contribution in [0.25, 0.3) is 11.4 Å². The van der Waals surface area contributed by atoms with Crippen molar-refractivity contribution in [1.82, 2.24) is 29.7 Å². The van der Waals surface area contributed by atoms with E-state index in [0.717, 1.165) is 23.8 Å². The number of rotatable bonds is 7. The zero-order chi connectivity index (χ0) is 22.0. The summed E-state index contributed by atoms with van der Waals surface area (Å²) in [5.74, 6) is 5.69. The number of benzene rings is 1. The lowest BCUT2D eigenvalue weighted by Crippen LogP contribution is -2.46. The predicted molar refractivity (Wildman–Crippen MR) is 112 cm³/mol. The van der Waals surface area contributed by atoms with Crippen molar-refractivity contribution in [2.45, 2.75) is 32.0 Å². The van der Waals surface area contributed by atoms with Gasteiger partial charge in [0.25, 0.3) is 0 Å². The summed E-state index contributed by atoms with van der Waals surface area (Å²) in [5, 5.41) is 13.2. The first-order valence-electron chi connectivity index (χ1n) is 10.0. The molecule has 0 radical (unpaired) electrons. The van der Waals surface area contributed by atoms with Crippen molar-refractivity contribution in [2.24, 2.45) is 5.84 Å². The van der Waals surface area contributed by atoms with Crippen LogP contribution in [-0.4, -0.2) is 55.1 Å². The summed E-state index contributed by atoms with van der Waals surface area (Å²) >= 11 is 0. The molecule has 2 aromatic heterocycles. The average molecular weight is 426 g/mol. The van der Waals surface area contributed by atoms with Gasteiger partial charge in [-0.05, 0) is 30.7 Å². The average Bonchev–Trinajstić information content (AvgIpc) is 3.21. The Morgan fingerprint density at radius 2 is 2.00 bits per heavy atom. The molecule has 3 N–H and O–H groups in total. The van der Waals surface area contributed by atoms with E-state index in [1.165, 1.54) is 17.1 Å². The van der Waals surface area contributed by atoms with E-state index in [9.17, 15) is 8.78 Å². The van der Waals surface area contributed by atoms with Crippen LogP contribution in [0.5, 0.6) is 0 Å². The van der Waals surface area contributed by atoms with Gasteiger partial charge in [-0.3, -0.25) is 15.3 Å². The van der Waals surface area contributed by atoms with Gasteiger partial charge in [-0.1, -0.05) is 6.07 Å². The molecule has 162 valence electrons. The van der Waals surface area contributed by atoms with Gasteiger partial charge in [0.2, 0.25) is 0 Å². The molecule has 0 amide bonds. The Bertz CT molecular complexity index is 1050. The number of hydrogen-bond acceptors (Lipinski definition) is 6. The standard InChI is InChI=1S/C21H24F2N8/c1-14(18(11-30(25)13-24)17-3-2-16(22)10-19(17)23)29-8-9-31-20(12-29)27-21(28-31)15-4-6-26-7-5-15/h2-7,10,13-14,18,24H,8-9,11-12,25H2,1H3. The van der Waals surface area contributed by atoms with E-state index in [-0.39, 0.29) is 18.5 Å². The number of hydrogen-bond donors (Lipinski definition) is 2. The minimum atomic E-state index is -0.626. The van der Waals surface area contributed by atoms with Crippen molar-refractivity contribution in [1.29, 1.82) is 5.41 Å². The van der Waals surface area contributed by atoms with Crippen LogP contribution < -0.4 is 5.84 Å². The van der Waals surface area contributed by atoms with Gasteiger partial charge in [-0.2, -0.15) is 5.10 Å². The maximum atomic E-state index is 14.6. The van der Waals surface area contributed by atoms with E-state index in [1.54, 1.807) is 12.4 Å². The highest BCUT2D eigenvalue weighted by atomic mass is 19.1. The zero-order valence-electron chi connectivity index (χ0n) is 17.1. The van der Waals surface area contributed by atoms with Crippen LogP contribution >= 0.6 is 0 Å². The Morgan fingerprint density at radius 3 is 2.71 bits per heavy atom. The van der Waals surface area contributed by atoms with Crippen LogP contribution in [0.4, 0.5) is 8.78 Å². The topological polar surface area (TPSA) is 100.0 Å². The van der Waals surface area contributed by atoms with Gasteiger partial charge in [0.1, 0.15) is 17.5 Å². The quantitative estimate of drug-likeness (QED) is 0.260. The molecule has 1 aromatic carbocycles. The molecule has 1 aliphatic heterocycles. The normalized spacial score (nSPS) is 15.9. The highest BCUT2D eigenvalue weighted by Crippen LogP contribution is 2.29. The number of aromatic nitrogens is 4. The number of hydrazine groups is 1. The molecule has 0 spiro atoms. The van der Waals surface area contributed by atoms with E-state index >= 15 is 0 Å². The number of nitrogens with one attached hydrogen (secondary N) is 1. The molecule has 0 aliphatic carbocycles. The van der Waals surface area contributed by atoms with Gasteiger partial charge < -0.3 is 5.01 Å². The maximum Gasteiger partial charge on any atom is 0.181 e. The number of fused-ring (bicyclic) bond motifs is 1. The van der Waals surface area contributed by atoms with Gasteiger partial charge in [-0.25, -0.2) is 24.3 Å². The van der Waals surface area contributed by atoms with Gasteiger partial charge in [0.05, 0.1) is 19.4 Å². The van der Waals surface area contributed by atoms with E-state index in [2.05, 4.69) is 20.0 Å². The lowest BCUT2D eigenvalue weighted by atomic mass is 9.90. The molecule has 0 fully saturated rings. The van der Waals surface area contributed by atoms with Crippen molar-refractivity contribution >= 4 is 6.34 Å². The van der Waals surface area contributed by atoms with Crippen molar-refractivity contribution in [3.63, 3.8) is 0 Å². The first kappa shape index (κ1) is 21.0. The number of nitrogens with two attached hydrogens (primary N) is 1. The van der Waals surface area contributed by atoms with Gasteiger partial charge in [0, 0.05) is 49.1 Å². The van der Waals surface area contributed by atoms with Crippen molar-refractivity contribution in [2.75, 3.05) is 13.1 Å². The van der Waals surface area contributed by atoms with Crippen molar-refractivity contribution in [3.05, 3.63) is 65.7 Å². The third-order valence-electron chi connectivity index (χ3n) is 5.72. The minimum Gasteiger partial charge on any atom is -0.301 e. The van der Waals surface area contributed by atoms with E-state index in [0.29, 0.717) is 31.0 Å². The summed E-state index contributed by atoms with van der Waals surface area (Å²) in [7, 11) is 0. The molecular weight excluding hydrogens is 402 g/mol. The van der Waals surface area contributed by atoms with Gasteiger partial charge in [0.15, 0.2) is 5.82 Å². The molecule has 10 heteroatoms. The van der Waals surface area contributed by atoms with E-state index in [1.807, 2.05) is 23.7 Å². The van der Waals surface area contributed by atoms with Crippen LogP contribution in [-0.2, 0) is 13.1 Å². The number of halogens is 2. The molecule has 0 saturated carbocycles. The molecule has 4 rings (SSSR count). The second-order valence-electron chi connectivity index (χ2n) is 7.62. The van der Waals surface area contributed by atoms with E-state index < -0.39 is 11.6 Å². The Labute approximate surface area is 178 Å². The van der Waals surface area contributed by atoms with Crippen LogP contribution in [0.1, 0.15) is 24.2 Å². The van der Waals surface area contributed by atoms with Crippen LogP contribution in [0.2, 0.25) is 0 Å². The predicted octanol–water partition coefficient (Wildman–Crippen LogP) is 2.39. The highest BCUT2D eigenvalue weighted by molar-refractivity contribution is 5.53. The number of pyridine rings is 1. The molecule has 2 atom stereocenters. The second kappa shape index (κ2) is 8.86. The molecule has 1 aliphatic rings. The van der Waals surface area contributed by atoms with Gasteiger partial charge >= 0.3 is 0 Å². The van der Waals surface area contributed by atoms with Crippen LogP contribution in [0, 0.1) is 17.0 Å². The first-order valence-corrected chi connectivity index (χ1v) is 10.0. The third kappa shape index (κ3) is 4.44. The zero-order valence-corrected chi connectivity index (χ0v) is 17.1. The fraction of sp³-hybridized carbons (Fsp3) is 0.333. The highest BCUT2D eigenvalue weighted by Gasteiger charge is 2.31. The summed E-state index contributed by atoms with van der Waals surface area (Å²) < 4.78 is 30.0. The summed E-state index contributed by atoms with van der Waals surface area (Å²) in [5.41, 5.74) is 1.27. The Balaban J connectivity index is 1.59. The Hall–Kier alpha value is -3.24. The summed E-state index contributed by atoms with van der Waals surface area (Å²) in [6, 6.07) is 7.17. The largest absolute Gasteiger partial charge is 0.301 e. The SMILES string of the molecule is CC(C(CN(N)C=N)c1ccc(F)cc1F)N1CCn2nc(-c3ccncc3)nc2C1. The fourth-order valence-electron chi connectivity index (χ4n) is 3.97. The molecule has 0 saturated heterocycles. The Kier molecular flexibility index (Phi) is 6.01. The van der Waals surface area contributed by atoms with Crippen molar-refractivity contribution < 1.29 is 8.78 Å². The lowest BCUT2D eigenvalue weighted by molar-refractivity contribution is 0.128. The molecular formula is C21H24F2N8. The third-order valence-corrected chi connectivity index (χ3v) is 5.72. The van der Waals surface area contributed by atoms with Crippen LogP contribution in [0.15, 0.2) is 42.7 Å². The maximum absolute atomic E-state index is 14.6. The molecule has 3 heterocycles. The molecule has 31 heavy (non-hydrogen) atoms. The molecule has 0 bridgehead atoms. The van der Waals surface area contributed by atoms with Crippen molar-refractivity contribution in [3.8, 4) is 11.4 Å². The van der Waals surface area contributed by atoms with Crippen LogP contribution in [0.3, 0.4) is 0 Å². The lowest BCUT2D eigenvalue weighted by Gasteiger charge is -2.38. The second-order valence-corrected chi connectivity index (χ2v) is 7.62. The summed E-state index contributed by atoms with van der Waals surface area (Å²) in [6.45, 7) is 4.09. The molecule has 8 nitrogen and oxygen atoms in total. The van der Waals surface area contributed by atoms with E-state index in [4.69, 9.17) is 11.3 Å². The summed E-state index contributed by atoms with van der Waals surface area (Å²) in [4.78, 5) is 10.9. The fourth-order valence-corrected chi connectivity index (χ4v) is 3.97. The van der Waals surface area contributed by atoms with Gasteiger partial charge in [-0.15, -0.1) is 0 Å². The molecule has 3 aromatic rings. The minimum absolute atomic E-state index is 0.138.